The van der Waals surface area contributed by atoms with E-state index >= 15 is 0 Å². The molecule has 0 saturated heterocycles. The molecule has 3 aromatic carbocycles. The van der Waals surface area contributed by atoms with E-state index in [0.29, 0.717) is 0 Å². The fourth-order valence-electron chi connectivity index (χ4n) is 2.44. The van der Waals surface area contributed by atoms with E-state index in [1.54, 1.807) is 0 Å². The van der Waals surface area contributed by atoms with E-state index in [9.17, 15) is 19.2 Å². The maximum Gasteiger partial charge on any atom is 0.343 e. The van der Waals surface area contributed by atoms with Gasteiger partial charge in [0, 0.05) is 0 Å². The first-order valence-corrected chi connectivity index (χ1v) is 8.54. The molecular formula is C22H14O8. The monoisotopic (exact) mass is 406 g/mol. The second kappa shape index (κ2) is 8.70. The van der Waals surface area contributed by atoms with Gasteiger partial charge in [-0.25, -0.2) is 19.2 Å². The number of carbonyl (C=O) groups excluding carboxylic acids is 2. The summed E-state index contributed by atoms with van der Waals surface area (Å²) in [4.78, 5) is 46.4. The molecule has 3 rings (SSSR count). The summed E-state index contributed by atoms with van der Waals surface area (Å²) in [5.74, 6) is -3.38. The Balaban J connectivity index is 1.69. The third-order valence-electron chi connectivity index (χ3n) is 3.96. The summed E-state index contributed by atoms with van der Waals surface area (Å²) in [6.45, 7) is 0. The van der Waals surface area contributed by atoms with E-state index in [2.05, 4.69) is 0 Å². The Morgan fingerprint density at radius 2 is 0.900 bits per heavy atom. The summed E-state index contributed by atoms with van der Waals surface area (Å²) in [6, 6.07) is 16.3. The van der Waals surface area contributed by atoms with Gasteiger partial charge in [-0.05, 0) is 66.7 Å². The SMILES string of the molecule is O=C(O)c1ccc(OC(=O)c2cccc(C(=O)Oc3ccc(C(=O)O)cc3)c2)cc1. The highest BCUT2D eigenvalue weighted by Crippen LogP contribution is 2.17. The summed E-state index contributed by atoms with van der Waals surface area (Å²) in [7, 11) is 0. The number of ether oxygens (including phenoxy) is 2. The van der Waals surface area contributed by atoms with Crippen LogP contribution in [-0.2, 0) is 0 Å². The molecule has 0 fully saturated rings. The van der Waals surface area contributed by atoms with Gasteiger partial charge in [0.25, 0.3) is 0 Å². The molecule has 0 unspecified atom stereocenters. The zero-order valence-corrected chi connectivity index (χ0v) is 15.3. The molecule has 0 bridgehead atoms. The predicted octanol–water partition coefficient (Wildman–Crippen LogP) is 3.52. The molecule has 0 amide bonds. The maximum absolute atomic E-state index is 12.3. The largest absolute Gasteiger partial charge is 0.478 e. The third kappa shape index (κ3) is 4.87. The Hall–Kier alpha value is -4.46. The van der Waals surface area contributed by atoms with Crippen LogP contribution in [0.4, 0.5) is 0 Å². The molecule has 0 radical (unpaired) electrons. The zero-order chi connectivity index (χ0) is 21.7. The van der Waals surface area contributed by atoms with Gasteiger partial charge in [-0.1, -0.05) is 6.07 Å². The Bertz CT molecular complexity index is 1030. The number of hydrogen-bond acceptors (Lipinski definition) is 6. The van der Waals surface area contributed by atoms with Crippen LogP contribution in [0.15, 0.2) is 72.8 Å². The van der Waals surface area contributed by atoms with E-state index in [4.69, 9.17) is 19.7 Å². The van der Waals surface area contributed by atoms with E-state index < -0.39 is 23.9 Å². The molecule has 0 aliphatic heterocycles. The van der Waals surface area contributed by atoms with Crippen molar-refractivity contribution in [3.63, 3.8) is 0 Å². The van der Waals surface area contributed by atoms with Crippen LogP contribution >= 0.6 is 0 Å². The first-order chi connectivity index (χ1) is 14.3. The van der Waals surface area contributed by atoms with Gasteiger partial charge in [-0.3, -0.25) is 0 Å². The smallest absolute Gasteiger partial charge is 0.343 e. The predicted molar refractivity (Wildman–Crippen MR) is 103 cm³/mol. The van der Waals surface area contributed by atoms with Crippen LogP contribution in [0.5, 0.6) is 11.5 Å². The summed E-state index contributed by atoms with van der Waals surface area (Å²) in [5, 5.41) is 17.8. The number of carboxylic acid groups (broad SMARTS) is 2. The highest BCUT2D eigenvalue weighted by molar-refractivity contribution is 5.97. The van der Waals surface area contributed by atoms with Gasteiger partial charge in [0.1, 0.15) is 11.5 Å². The molecule has 150 valence electrons. The van der Waals surface area contributed by atoms with Crippen molar-refractivity contribution in [2.75, 3.05) is 0 Å². The van der Waals surface area contributed by atoms with Crippen molar-refractivity contribution >= 4 is 23.9 Å². The van der Waals surface area contributed by atoms with E-state index in [0.717, 1.165) is 0 Å². The van der Waals surface area contributed by atoms with Crippen molar-refractivity contribution in [2.45, 2.75) is 0 Å². The average Bonchev–Trinajstić information content (AvgIpc) is 2.74. The fraction of sp³-hybridized carbons (Fsp3) is 0. The van der Waals surface area contributed by atoms with Crippen molar-refractivity contribution in [2.24, 2.45) is 0 Å². The van der Waals surface area contributed by atoms with Crippen molar-refractivity contribution in [3.05, 3.63) is 95.1 Å². The first kappa shape index (κ1) is 20.3. The standard InChI is InChI=1S/C22H14O8/c23-19(24)13-4-8-17(9-5-13)29-21(27)15-2-1-3-16(12-15)22(28)30-18-10-6-14(7-11-18)20(25)26/h1-12H,(H,23,24)(H,25,26). The van der Waals surface area contributed by atoms with Gasteiger partial charge in [-0.15, -0.1) is 0 Å². The normalized spacial score (nSPS) is 10.1. The highest BCUT2D eigenvalue weighted by atomic mass is 16.5. The minimum absolute atomic E-state index is 0.0518. The lowest BCUT2D eigenvalue weighted by Gasteiger charge is -2.07. The molecule has 0 spiro atoms. The molecular weight excluding hydrogens is 392 g/mol. The van der Waals surface area contributed by atoms with Crippen LogP contribution in [0.3, 0.4) is 0 Å². The molecule has 2 N–H and O–H groups in total. The number of esters is 2. The number of carboxylic acids is 2. The number of carbonyl (C=O) groups is 4. The molecule has 8 nitrogen and oxygen atoms in total. The Morgan fingerprint density at radius 3 is 1.23 bits per heavy atom. The maximum atomic E-state index is 12.3. The second-order valence-electron chi connectivity index (χ2n) is 6.02. The second-order valence-corrected chi connectivity index (χ2v) is 6.02. The van der Waals surface area contributed by atoms with Gasteiger partial charge in [0.2, 0.25) is 0 Å². The van der Waals surface area contributed by atoms with Crippen LogP contribution in [0, 0.1) is 0 Å². The van der Waals surface area contributed by atoms with Crippen molar-refractivity contribution in [1.82, 2.24) is 0 Å². The van der Waals surface area contributed by atoms with E-state index in [1.165, 1.54) is 72.8 Å². The van der Waals surface area contributed by atoms with Gasteiger partial charge in [-0.2, -0.15) is 0 Å². The summed E-state index contributed by atoms with van der Waals surface area (Å²) in [5.41, 5.74) is 0.285. The lowest BCUT2D eigenvalue weighted by molar-refractivity contribution is 0.0685. The van der Waals surface area contributed by atoms with E-state index in [1.807, 2.05) is 0 Å². The van der Waals surface area contributed by atoms with Gasteiger partial charge >= 0.3 is 23.9 Å². The molecule has 0 saturated carbocycles. The topological polar surface area (TPSA) is 127 Å². The number of rotatable bonds is 6. The van der Waals surface area contributed by atoms with E-state index in [-0.39, 0.29) is 33.8 Å². The number of hydrogen-bond donors (Lipinski definition) is 2. The van der Waals surface area contributed by atoms with Crippen LogP contribution in [-0.4, -0.2) is 34.1 Å². The fourth-order valence-corrected chi connectivity index (χ4v) is 2.44. The first-order valence-electron chi connectivity index (χ1n) is 8.54. The molecule has 8 heteroatoms. The van der Waals surface area contributed by atoms with Gasteiger partial charge < -0.3 is 19.7 Å². The Morgan fingerprint density at radius 1 is 0.533 bits per heavy atom. The van der Waals surface area contributed by atoms with Crippen LogP contribution in [0.25, 0.3) is 0 Å². The highest BCUT2D eigenvalue weighted by Gasteiger charge is 2.15. The summed E-state index contributed by atoms with van der Waals surface area (Å²) >= 11 is 0. The van der Waals surface area contributed by atoms with Crippen molar-refractivity contribution in [3.8, 4) is 11.5 Å². The summed E-state index contributed by atoms with van der Waals surface area (Å²) in [6.07, 6.45) is 0. The summed E-state index contributed by atoms with van der Waals surface area (Å²) < 4.78 is 10.4. The Kier molecular flexibility index (Phi) is 5.88. The molecule has 3 aromatic rings. The van der Waals surface area contributed by atoms with Crippen molar-refractivity contribution in [1.29, 1.82) is 0 Å². The molecule has 0 aromatic heterocycles. The van der Waals surface area contributed by atoms with Crippen LogP contribution in [0.2, 0.25) is 0 Å². The van der Waals surface area contributed by atoms with Crippen molar-refractivity contribution < 1.29 is 38.9 Å². The van der Waals surface area contributed by atoms with Crippen LogP contribution < -0.4 is 9.47 Å². The minimum Gasteiger partial charge on any atom is -0.478 e. The van der Waals surface area contributed by atoms with Gasteiger partial charge in [0.15, 0.2) is 0 Å². The molecule has 0 atom stereocenters. The Labute approximate surface area is 169 Å². The molecule has 0 heterocycles. The number of benzene rings is 3. The third-order valence-corrected chi connectivity index (χ3v) is 3.96. The zero-order valence-electron chi connectivity index (χ0n) is 15.3. The molecule has 30 heavy (non-hydrogen) atoms. The van der Waals surface area contributed by atoms with Crippen LogP contribution in [0.1, 0.15) is 41.4 Å². The quantitative estimate of drug-likeness (QED) is 0.470. The minimum atomic E-state index is -1.10. The average molecular weight is 406 g/mol. The number of aromatic carboxylic acids is 2. The van der Waals surface area contributed by atoms with Gasteiger partial charge in [0.05, 0.1) is 22.3 Å². The lowest BCUT2D eigenvalue weighted by atomic mass is 10.1. The molecule has 0 aliphatic rings. The lowest BCUT2D eigenvalue weighted by Crippen LogP contribution is -2.12. The molecule has 0 aliphatic carbocycles.